The quantitative estimate of drug-likeness (QED) is 0.315. The Labute approximate surface area is 205 Å². The Morgan fingerprint density at radius 1 is 1.12 bits per heavy atom. The maximum absolute atomic E-state index is 13.3. The molecule has 1 aromatic rings. The van der Waals surface area contributed by atoms with Crippen LogP contribution in [0.1, 0.15) is 58.6 Å². The van der Waals surface area contributed by atoms with Crippen LogP contribution in [-0.4, -0.2) is 60.7 Å². The Morgan fingerprint density at radius 3 is 2.59 bits per heavy atom. The van der Waals surface area contributed by atoms with E-state index < -0.39 is 12.0 Å². The zero-order valence-corrected chi connectivity index (χ0v) is 21.4. The lowest BCUT2D eigenvalue weighted by molar-refractivity contribution is -0.141. The summed E-state index contributed by atoms with van der Waals surface area (Å²) < 4.78 is 22.3. The van der Waals surface area contributed by atoms with Crippen molar-refractivity contribution in [2.45, 2.75) is 58.2 Å². The number of unbranched alkanes of at least 4 members (excludes halogenated alkanes) is 1. The number of ether oxygens (including phenoxy) is 4. The maximum atomic E-state index is 13.3. The average Bonchev–Trinajstić information content (AvgIpc) is 3.14. The van der Waals surface area contributed by atoms with Crippen molar-refractivity contribution in [3.05, 3.63) is 35.0 Å². The molecule has 1 aromatic carbocycles. The van der Waals surface area contributed by atoms with E-state index in [1.807, 2.05) is 32.0 Å². The molecule has 0 bridgehead atoms. The van der Waals surface area contributed by atoms with Crippen LogP contribution in [0.3, 0.4) is 0 Å². The summed E-state index contributed by atoms with van der Waals surface area (Å²) in [4.78, 5) is 32.7. The molecule has 8 nitrogen and oxygen atoms in total. The standard InChI is InChI=1S/C25H34N2O6S/c1-6-9-12-32-18-11-10-17(15-19(18)31-8-3)22-21(24(29)33-14-13-30-5)16(4)26-25-27(22)23(28)20(7-2)34-25/h10-11,15,20,22H,6-9,12-14H2,1-5H3. The lowest BCUT2D eigenvalue weighted by atomic mass is 9.93. The fourth-order valence-corrected chi connectivity index (χ4v) is 5.00. The number of amides is 1. The molecular formula is C25H34N2O6S. The van der Waals surface area contributed by atoms with E-state index in [0.29, 0.717) is 47.6 Å². The first-order valence-corrected chi connectivity index (χ1v) is 12.7. The van der Waals surface area contributed by atoms with Gasteiger partial charge in [-0.2, -0.15) is 0 Å². The first-order chi connectivity index (χ1) is 16.5. The summed E-state index contributed by atoms with van der Waals surface area (Å²) in [5.74, 6) is 0.645. The van der Waals surface area contributed by atoms with Crippen molar-refractivity contribution in [3.8, 4) is 11.5 Å². The van der Waals surface area contributed by atoms with Gasteiger partial charge in [0.15, 0.2) is 16.7 Å². The first-order valence-electron chi connectivity index (χ1n) is 11.8. The lowest BCUT2D eigenvalue weighted by Crippen LogP contribution is -2.41. The zero-order chi connectivity index (χ0) is 24.7. The number of hydrogen-bond acceptors (Lipinski definition) is 8. The van der Waals surface area contributed by atoms with E-state index in [-0.39, 0.29) is 24.4 Å². The van der Waals surface area contributed by atoms with Crippen LogP contribution in [0.15, 0.2) is 34.5 Å². The number of methoxy groups -OCH3 is 1. The van der Waals surface area contributed by atoms with Gasteiger partial charge in [-0.25, -0.2) is 9.79 Å². The van der Waals surface area contributed by atoms with Crippen molar-refractivity contribution in [2.24, 2.45) is 4.99 Å². The SMILES string of the molecule is CCCCOc1ccc(C2C(C(=O)OCCOC)=C(C)N=C3SC(CC)C(=O)N32)cc1OCC. The number of hydrogen-bond donors (Lipinski definition) is 0. The minimum atomic E-state index is -0.664. The number of carbonyl (C=O) groups is 2. The maximum Gasteiger partial charge on any atom is 0.338 e. The molecule has 34 heavy (non-hydrogen) atoms. The van der Waals surface area contributed by atoms with Gasteiger partial charge in [-0.1, -0.05) is 38.1 Å². The summed E-state index contributed by atoms with van der Waals surface area (Å²) in [5.41, 5.74) is 1.62. The van der Waals surface area contributed by atoms with E-state index in [2.05, 4.69) is 11.9 Å². The van der Waals surface area contributed by atoms with Gasteiger partial charge < -0.3 is 18.9 Å². The number of rotatable bonds is 12. The molecule has 3 rings (SSSR count). The van der Waals surface area contributed by atoms with Gasteiger partial charge in [-0.15, -0.1) is 0 Å². The molecule has 2 aliphatic rings. The van der Waals surface area contributed by atoms with E-state index in [9.17, 15) is 9.59 Å². The minimum Gasteiger partial charge on any atom is -0.490 e. The van der Waals surface area contributed by atoms with Gasteiger partial charge >= 0.3 is 5.97 Å². The third-order valence-corrected chi connectivity index (χ3v) is 6.92. The fourth-order valence-electron chi connectivity index (χ4n) is 3.87. The highest BCUT2D eigenvalue weighted by Gasteiger charge is 2.47. The summed E-state index contributed by atoms with van der Waals surface area (Å²) in [6.07, 6.45) is 2.64. The molecule has 2 aliphatic heterocycles. The topological polar surface area (TPSA) is 86.7 Å². The van der Waals surface area contributed by atoms with Gasteiger partial charge in [0.25, 0.3) is 0 Å². The Kier molecular flexibility index (Phi) is 9.41. The summed E-state index contributed by atoms with van der Waals surface area (Å²) >= 11 is 1.44. The molecular weight excluding hydrogens is 456 g/mol. The third kappa shape index (κ3) is 5.58. The van der Waals surface area contributed by atoms with Crippen LogP contribution in [0.2, 0.25) is 0 Å². The van der Waals surface area contributed by atoms with Crippen LogP contribution in [0.5, 0.6) is 11.5 Å². The van der Waals surface area contributed by atoms with E-state index in [4.69, 9.17) is 18.9 Å². The summed E-state index contributed by atoms with van der Waals surface area (Å²) in [5, 5.41) is 0.370. The van der Waals surface area contributed by atoms with Crippen molar-refractivity contribution in [1.29, 1.82) is 0 Å². The van der Waals surface area contributed by atoms with Gasteiger partial charge in [0.1, 0.15) is 6.61 Å². The molecule has 1 amide bonds. The summed E-state index contributed by atoms with van der Waals surface area (Å²) in [6, 6.07) is 4.91. The van der Waals surface area contributed by atoms with Crippen molar-refractivity contribution >= 4 is 28.8 Å². The Bertz CT molecular complexity index is 961. The van der Waals surface area contributed by atoms with Crippen LogP contribution >= 0.6 is 11.8 Å². The molecule has 2 unspecified atom stereocenters. The van der Waals surface area contributed by atoms with Crippen molar-refractivity contribution in [3.63, 3.8) is 0 Å². The highest BCUT2D eigenvalue weighted by Crippen LogP contribution is 2.45. The second-order valence-corrected chi connectivity index (χ2v) is 9.16. The van der Waals surface area contributed by atoms with E-state index >= 15 is 0 Å². The lowest BCUT2D eigenvalue weighted by Gasteiger charge is -2.33. The second-order valence-electron chi connectivity index (χ2n) is 7.99. The molecule has 0 radical (unpaired) electrons. The summed E-state index contributed by atoms with van der Waals surface area (Å²) in [6.45, 7) is 9.21. The van der Waals surface area contributed by atoms with Crippen LogP contribution < -0.4 is 9.47 Å². The normalized spacial score (nSPS) is 19.7. The predicted octanol–water partition coefficient (Wildman–Crippen LogP) is 4.49. The molecule has 0 aliphatic carbocycles. The van der Waals surface area contributed by atoms with Gasteiger partial charge in [0, 0.05) is 7.11 Å². The Hall–Kier alpha value is -2.52. The Morgan fingerprint density at radius 2 is 1.91 bits per heavy atom. The summed E-state index contributed by atoms with van der Waals surface area (Å²) in [7, 11) is 1.54. The number of nitrogens with zero attached hydrogens (tertiary/aromatic N) is 2. The van der Waals surface area contributed by atoms with E-state index in [1.165, 1.54) is 11.8 Å². The van der Waals surface area contributed by atoms with E-state index in [1.54, 1.807) is 18.9 Å². The number of aliphatic imine (C=N–C) groups is 1. The van der Waals surface area contributed by atoms with Gasteiger partial charge in [-0.05, 0) is 44.4 Å². The van der Waals surface area contributed by atoms with Crippen LogP contribution in [-0.2, 0) is 19.1 Å². The molecule has 2 heterocycles. The van der Waals surface area contributed by atoms with Gasteiger partial charge in [-0.3, -0.25) is 9.69 Å². The molecule has 1 saturated heterocycles. The van der Waals surface area contributed by atoms with Crippen LogP contribution in [0.25, 0.3) is 0 Å². The number of benzene rings is 1. The zero-order valence-electron chi connectivity index (χ0n) is 20.6. The number of thioether (sulfide) groups is 1. The molecule has 0 N–H and O–H groups in total. The number of fused-ring (bicyclic) bond motifs is 1. The molecule has 0 spiro atoms. The van der Waals surface area contributed by atoms with E-state index in [0.717, 1.165) is 18.4 Å². The van der Waals surface area contributed by atoms with Crippen molar-refractivity contribution < 1.29 is 28.5 Å². The van der Waals surface area contributed by atoms with Gasteiger partial charge in [0.05, 0.1) is 42.4 Å². The fraction of sp³-hybridized carbons (Fsp3) is 0.560. The monoisotopic (exact) mass is 490 g/mol. The minimum absolute atomic E-state index is 0.0628. The molecule has 0 saturated carbocycles. The van der Waals surface area contributed by atoms with Crippen LogP contribution in [0, 0.1) is 0 Å². The van der Waals surface area contributed by atoms with Gasteiger partial charge in [0.2, 0.25) is 5.91 Å². The molecule has 0 aromatic heterocycles. The second kappa shape index (κ2) is 12.3. The molecule has 1 fully saturated rings. The number of amidine groups is 1. The van der Waals surface area contributed by atoms with Crippen molar-refractivity contribution in [1.82, 2.24) is 4.90 Å². The molecule has 9 heteroatoms. The third-order valence-electron chi connectivity index (χ3n) is 5.60. The largest absolute Gasteiger partial charge is 0.490 e. The Balaban J connectivity index is 2.04. The van der Waals surface area contributed by atoms with Crippen molar-refractivity contribution in [2.75, 3.05) is 33.5 Å². The average molecular weight is 491 g/mol. The highest BCUT2D eigenvalue weighted by molar-refractivity contribution is 8.15. The number of carbonyl (C=O) groups excluding carboxylic acids is 2. The smallest absolute Gasteiger partial charge is 0.338 e. The number of esters is 1. The molecule has 2 atom stereocenters. The number of allylic oxidation sites excluding steroid dienone is 1. The predicted molar refractivity (Wildman–Crippen MR) is 132 cm³/mol. The van der Waals surface area contributed by atoms with Crippen LogP contribution in [0.4, 0.5) is 0 Å². The highest BCUT2D eigenvalue weighted by atomic mass is 32.2. The molecule has 186 valence electrons. The first kappa shape index (κ1) is 26.1.